The van der Waals surface area contributed by atoms with Crippen molar-refractivity contribution in [1.82, 2.24) is 5.43 Å². The molecule has 1 unspecified atom stereocenters. The zero-order valence-corrected chi connectivity index (χ0v) is 11.0. The summed E-state index contributed by atoms with van der Waals surface area (Å²) in [5.74, 6) is 5.74. The standard InChI is InChI=1S/C12H20N2O2S/c1-2-16-12(4-6-15-7-5-12)11(14-13)10-3-8-17-9-10/h3,8-9,11,14H,2,4-7,13H2,1H3. The van der Waals surface area contributed by atoms with Crippen molar-refractivity contribution in [3.63, 3.8) is 0 Å². The van der Waals surface area contributed by atoms with Crippen LogP contribution in [-0.4, -0.2) is 25.4 Å². The third-order valence-electron chi connectivity index (χ3n) is 3.34. The molecule has 1 fully saturated rings. The van der Waals surface area contributed by atoms with Crippen LogP contribution >= 0.6 is 11.3 Å². The molecule has 1 aliphatic heterocycles. The van der Waals surface area contributed by atoms with Gasteiger partial charge in [0.05, 0.1) is 11.6 Å². The van der Waals surface area contributed by atoms with Crippen molar-refractivity contribution in [1.29, 1.82) is 0 Å². The highest BCUT2D eigenvalue weighted by Gasteiger charge is 2.41. The van der Waals surface area contributed by atoms with E-state index in [4.69, 9.17) is 15.3 Å². The van der Waals surface area contributed by atoms with Crippen LogP contribution in [0.25, 0.3) is 0 Å². The largest absolute Gasteiger partial charge is 0.381 e. The summed E-state index contributed by atoms with van der Waals surface area (Å²) >= 11 is 1.68. The fourth-order valence-corrected chi connectivity index (χ4v) is 3.20. The number of hydrogen-bond donors (Lipinski definition) is 2. The highest BCUT2D eigenvalue weighted by atomic mass is 32.1. The van der Waals surface area contributed by atoms with E-state index in [2.05, 4.69) is 22.3 Å². The summed E-state index contributed by atoms with van der Waals surface area (Å²) in [4.78, 5) is 0. The van der Waals surface area contributed by atoms with Crippen LogP contribution in [0.15, 0.2) is 16.8 Å². The SMILES string of the molecule is CCOC1(C(NN)c2ccsc2)CCOCC1. The van der Waals surface area contributed by atoms with E-state index in [0.717, 1.165) is 26.1 Å². The summed E-state index contributed by atoms with van der Waals surface area (Å²) < 4.78 is 11.5. The van der Waals surface area contributed by atoms with Crippen molar-refractivity contribution in [2.45, 2.75) is 31.4 Å². The number of nitrogens with one attached hydrogen (secondary N) is 1. The molecule has 1 aromatic heterocycles. The van der Waals surface area contributed by atoms with Crippen LogP contribution in [0.5, 0.6) is 0 Å². The normalized spacial score (nSPS) is 21.3. The Kier molecular flexibility index (Phi) is 4.53. The molecule has 0 saturated carbocycles. The van der Waals surface area contributed by atoms with Crippen LogP contribution in [0.1, 0.15) is 31.4 Å². The third-order valence-corrected chi connectivity index (χ3v) is 4.04. The smallest absolute Gasteiger partial charge is 0.0933 e. The molecule has 5 heteroatoms. The minimum Gasteiger partial charge on any atom is -0.381 e. The number of hydrazine groups is 1. The monoisotopic (exact) mass is 256 g/mol. The fourth-order valence-electron chi connectivity index (χ4n) is 2.51. The average Bonchev–Trinajstić information content (AvgIpc) is 2.85. The molecule has 4 nitrogen and oxygen atoms in total. The molecule has 0 amide bonds. The van der Waals surface area contributed by atoms with Gasteiger partial charge in [-0.05, 0) is 29.3 Å². The Morgan fingerprint density at radius 1 is 1.59 bits per heavy atom. The molecule has 1 aromatic rings. The van der Waals surface area contributed by atoms with Gasteiger partial charge in [0.15, 0.2) is 0 Å². The van der Waals surface area contributed by atoms with Crippen LogP contribution < -0.4 is 11.3 Å². The topological polar surface area (TPSA) is 56.5 Å². The number of rotatable bonds is 5. The molecule has 0 aromatic carbocycles. The second-order valence-corrected chi connectivity index (χ2v) is 5.05. The van der Waals surface area contributed by atoms with Gasteiger partial charge >= 0.3 is 0 Å². The van der Waals surface area contributed by atoms with Gasteiger partial charge in [-0.3, -0.25) is 11.3 Å². The molecule has 2 rings (SSSR count). The summed E-state index contributed by atoms with van der Waals surface area (Å²) in [5, 5.41) is 4.19. The summed E-state index contributed by atoms with van der Waals surface area (Å²) in [6.07, 6.45) is 1.76. The Labute approximate surface area is 106 Å². The molecule has 0 radical (unpaired) electrons. The second kappa shape index (κ2) is 5.93. The van der Waals surface area contributed by atoms with Gasteiger partial charge < -0.3 is 9.47 Å². The maximum absolute atomic E-state index is 6.03. The first-order chi connectivity index (χ1) is 8.32. The van der Waals surface area contributed by atoms with Gasteiger partial charge in [-0.2, -0.15) is 11.3 Å². The average molecular weight is 256 g/mol. The molecule has 0 bridgehead atoms. The van der Waals surface area contributed by atoms with E-state index in [0.29, 0.717) is 6.61 Å². The summed E-state index contributed by atoms with van der Waals surface area (Å²) in [7, 11) is 0. The number of ether oxygens (including phenoxy) is 2. The third kappa shape index (κ3) is 2.69. The number of thiophene rings is 1. The van der Waals surface area contributed by atoms with E-state index in [9.17, 15) is 0 Å². The zero-order chi connectivity index (χ0) is 12.1. The van der Waals surface area contributed by atoms with E-state index in [1.165, 1.54) is 5.56 Å². The molecular weight excluding hydrogens is 236 g/mol. The van der Waals surface area contributed by atoms with Crippen LogP contribution in [0, 0.1) is 0 Å². The van der Waals surface area contributed by atoms with Crippen molar-refractivity contribution in [2.24, 2.45) is 5.84 Å². The maximum Gasteiger partial charge on any atom is 0.0933 e. The Bertz CT molecular complexity index is 318. The minimum atomic E-state index is -0.233. The molecule has 96 valence electrons. The van der Waals surface area contributed by atoms with Gasteiger partial charge in [0.25, 0.3) is 0 Å². The lowest BCUT2D eigenvalue weighted by Gasteiger charge is -2.42. The molecule has 1 saturated heterocycles. The van der Waals surface area contributed by atoms with Crippen molar-refractivity contribution in [2.75, 3.05) is 19.8 Å². The molecule has 0 spiro atoms. The first-order valence-corrected chi connectivity index (χ1v) is 6.96. The van der Waals surface area contributed by atoms with Gasteiger partial charge in [0, 0.05) is 32.7 Å². The van der Waals surface area contributed by atoms with Gasteiger partial charge in [0.1, 0.15) is 0 Å². The summed E-state index contributed by atoms with van der Waals surface area (Å²) in [5.41, 5.74) is 3.89. The molecule has 1 aliphatic rings. The quantitative estimate of drug-likeness (QED) is 0.623. The number of hydrogen-bond acceptors (Lipinski definition) is 5. The molecule has 3 N–H and O–H groups in total. The second-order valence-electron chi connectivity index (χ2n) is 4.27. The first kappa shape index (κ1) is 13.0. The molecular formula is C12H20N2O2S. The lowest BCUT2D eigenvalue weighted by Crippen LogP contribution is -2.51. The maximum atomic E-state index is 6.03. The van der Waals surface area contributed by atoms with E-state index in [-0.39, 0.29) is 11.6 Å². The van der Waals surface area contributed by atoms with Crippen LogP contribution in [-0.2, 0) is 9.47 Å². The first-order valence-electron chi connectivity index (χ1n) is 6.02. The van der Waals surface area contributed by atoms with Gasteiger partial charge in [0.2, 0.25) is 0 Å². The van der Waals surface area contributed by atoms with Crippen molar-refractivity contribution >= 4 is 11.3 Å². The highest BCUT2D eigenvalue weighted by Crippen LogP contribution is 2.38. The Morgan fingerprint density at radius 3 is 2.88 bits per heavy atom. The van der Waals surface area contributed by atoms with Gasteiger partial charge in [-0.1, -0.05) is 0 Å². The molecule has 0 aliphatic carbocycles. The van der Waals surface area contributed by atoms with Crippen molar-refractivity contribution < 1.29 is 9.47 Å². The lowest BCUT2D eigenvalue weighted by atomic mass is 9.83. The Hall–Kier alpha value is -0.460. The summed E-state index contributed by atoms with van der Waals surface area (Å²) in [6.45, 7) is 4.20. The van der Waals surface area contributed by atoms with E-state index >= 15 is 0 Å². The fraction of sp³-hybridized carbons (Fsp3) is 0.667. The molecule has 2 heterocycles. The summed E-state index contributed by atoms with van der Waals surface area (Å²) in [6, 6.07) is 2.14. The van der Waals surface area contributed by atoms with Crippen molar-refractivity contribution in [3.8, 4) is 0 Å². The zero-order valence-electron chi connectivity index (χ0n) is 10.1. The number of nitrogens with two attached hydrogens (primary N) is 1. The van der Waals surface area contributed by atoms with Crippen LogP contribution in [0.3, 0.4) is 0 Å². The Balaban J connectivity index is 2.23. The lowest BCUT2D eigenvalue weighted by molar-refractivity contribution is -0.128. The van der Waals surface area contributed by atoms with Crippen LogP contribution in [0.4, 0.5) is 0 Å². The molecule has 17 heavy (non-hydrogen) atoms. The predicted octanol–water partition coefficient (Wildman–Crippen LogP) is 1.84. The van der Waals surface area contributed by atoms with Gasteiger partial charge in [-0.25, -0.2) is 0 Å². The Morgan fingerprint density at radius 2 is 2.35 bits per heavy atom. The highest BCUT2D eigenvalue weighted by molar-refractivity contribution is 7.07. The van der Waals surface area contributed by atoms with Gasteiger partial charge in [-0.15, -0.1) is 0 Å². The predicted molar refractivity (Wildman–Crippen MR) is 68.8 cm³/mol. The molecule has 1 atom stereocenters. The van der Waals surface area contributed by atoms with Crippen LogP contribution in [0.2, 0.25) is 0 Å². The van der Waals surface area contributed by atoms with Crippen molar-refractivity contribution in [3.05, 3.63) is 22.4 Å². The van der Waals surface area contributed by atoms with E-state index in [1.54, 1.807) is 11.3 Å². The van der Waals surface area contributed by atoms with E-state index < -0.39 is 0 Å². The minimum absolute atomic E-state index is 0.0394. The van der Waals surface area contributed by atoms with E-state index in [1.807, 2.05) is 6.92 Å².